The zero-order valence-electron chi connectivity index (χ0n) is 16.0. The minimum Gasteiger partial charge on any atom is -0.507 e. The van der Waals surface area contributed by atoms with E-state index in [1.807, 2.05) is 43.5 Å². The van der Waals surface area contributed by atoms with Gasteiger partial charge in [0.25, 0.3) is 0 Å². The lowest BCUT2D eigenvalue weighted by atomic mass is 9.90. The second-order valence-corrected chi connectivity index (χ2v) is 8.23. The zero-order chi connectivity index (χ0) is 20.4. The fourth-order valence-corrected chi connectivity index (χ4v) is 3.88. The molecule has 2 aliphatic heterocycles. The first-order valence-corrected chi connectivity index (χ1v) is 10.4. The fraction of sp³-hybridized carbons (Fsp3) is 0.381. The predicted molar refractivity (Wildman–Crippen MR) is 107 cm³/mol. The van der Waals surface area contributed by atoms with Crippen LogP contribution in [-0.2, 0) is 19.1 Å². The maximum atomic E-state index is 12.9. The monoisotopic (exact) mass is 401 g/mol. The molecule has 0 saturated heterocycles. The smallest absolute Gasteiger partial charge is 0.346 e. The number of fused-ring (bicyclic) bond motifs is 1. The Kier molecular flexibility index (Phi) is 5.93. The Morgan fingerprint density at radius 1 is 1.32 bits per heavy atom. The van der Waals surface area contributed by atoms with Gasteiger partial charge in [-0.1, -0.05) is 31.2 Å². The first-order chi connectivity index (χ1) is 13.3. The number of carbonyl (C=O) groups is 3. The number of cyclic esters (lactones) is 1. The summed E-state index contributed by atoms with van der Waals surface area (Å²) >= 11 is 1.59. The minimum atomic E-state index is -0.796. The number of rotatable bonds is 6. The van der Waals surface area contributed by atoms with Gasteiger partial charge in [0.05, 0.1) is 6.04 Å². The standard InChI is InChI=1S/C21H23NO5S/c1-12(28-3)10-18-20(25)19(21(26)27-18)17(24)11-16-15-7-5-4-6-14(15)8-9-22(16)13(2)23/h4-9,12,16,18,25H,10-11H2,1-3H3. The molecule has 7 heteroatoms. The number of ketones is 1. The van der Waals surface area contributed by atoms with Crippen molar-refractivity contribution in [2.45, 2.75) is 44.1 Å². The molecule has 1 amide bonds. The lowest BCUT2D eigenvalue weighted by molar-refractivity contribution is -0.141. The number of ether oxygens (including phenoxy) is 1. The van der Waals surface area contributed by atoms with Gasteiger partial charge in [-0.25, -0.2) is 4.79 Å². The minimum absolute atomic E-state index is 0.111. The van der Waals surface area contributed by atoms with Gasteiger partial charge in [0.15, 0.2) is 17.6 Å². The highest BCUT2D eigenvalue weighted by Crippen LogP contribution is 2.35. The van der Waals surface area contributed by atoms with Crippen LogP contribution in [0.4, 0.5) is 0 Å². The van der Waals surface area contributed by atoms with Gasteiger partial charge in [0.1, 0.15) is 5.57 Å². The lowest BCUT2D eigenvalue weighted by Crippen LogP contribution is -2.32. The molecule has 0 aromatic heterocycles. The molecule has 0 aliphatic carbocycles. The topological polar surface area (TPSA) is 83.9 Å². The number of nitrogens with zero attached hydrogens (tertiary/aromatic N) is 1. The summed E-state index contributed by atoms with van der Waals surface area (Å²) in [6, 6.07) is 6.95. The number of thioether (sulfide) groups is 1. The Balaban J connectivity index is 1.87. The normalized spacial score (nSPS) is 22.1. The Morgan fingerprint density at radius 3 is 2.71 bits per heavy atom. The van der Waals surface area contributed by atoms with Gasteiger partial charge in [-0.15, -0.1) is 0 Å². The lowest BCUT2D eigenvalue weighted by Gasteiger charge is -2.32. The molecule has 6 nitrogen and oxygen atoms in total. The highest BCUT2D eigenvalue weighted by molar-refractivity contribution is 7.99. The maximum absolute atomic E-state index is 12.9. The van der Waals surface area contributed by atoms with Crippen LogP contribution in [0.3, 0.4) is 0 Å². The van der Waals surface area contributed by atoms with E-state index in [2.05, 4.69) is 0 Å². The van der Waals surface area contributed by atoms with Crippen LogP contribution in [0.5, 0.6) is 0 Å². The molecule has 3 unspecified atom stereocenters. The van der Waals surface area contributed by atoms with E-state index in [0.29, 0.717) is 6.42 Å². The van der Waals surface area contributed by atoms with Gasteiger partial charge in [-0.05, 0) is 23.5 Å². The quantitative estimate of drug-likeness (QED) is 0.581. The summed E-state index contributed by atoms with van der Waals surface area (Å²) in [7, 11) is 0. The van der Waals surface area contributed by atoms with Crippen molar-refractivity contribution < 1.29 is 24.2 Å². The molecule has 28 heavy (non-hydrogen) atoms. The van der Waals surface area contributed by atoms with Gasteiger partial charge < -0.3 is 14.7 Å². The molecule has 3 rings (SSSR count). The number of benzene rings is 1. The van der Waals surface area contributed by atoms with Crippen LogP contribution in [0.2, 0.25) is 0 Å². The van der Waals surface area contributed by atoms with Gasteiger partial charge in [-0.3, -0.25) is 9.59 Å². The average molecular weight is 401 g/mol. The van der Waals surface area contributed by atoms with Crippen molar-refractivity contribution in [3.63, 3.8) is 0 Å². The van der Waals surface area contributed by atoms with Crippen LogP contribution >= 0.6 is 11.8 Å². The second kappa shape index (κ2) is 8.22. The number of amides is 1. The fourth-order valence-electron chi connectivity index (χ4n) is 3.51. The van der Waals surface area contributed by atoms with Gasteiger partial charge in [0.2, 0.25) is 5.91 Å². The van der Waals surface area contributed by atoms with Crippen LogP contribution in [0.15, 0.2) is 41.8 Å². The Bertz CT molecular complexity index is 875. The average Bonchev–Trinajstić information content (AvgIpc) is 2.94. The number of esters is 1. The van der Waals surface area contributed by atoms with Crippen molar-refractivity contribution in [2.75, 3.05) is 6.26 Å². The summed E-state index contributed by atoms with van der Waals surface area (Å²) in [6.45, 7) is 3.39. The summed E-state index contributed by atoms with van der Waals surface area (Å²) in [5, 5.41) is 10.6. The Labute approximate surface area is 168 Å². The number of aliphatic hydroxyl groups excluding tert-OH is 1. The molecule has 1 aromatic carbocycles. The van der Waals surface area contributed by atoms with E-state index in [-0.39, 0.29) is 28.9 Å². The van der Waals surface area contributed by atoms with E-state index in [1.165, 1.54) is 11.8 Å². The predicted octanol–water partition coefficient (Wildman–Crippen LogP) is 3.40. The second-order valence-electron chi connectivity index (χ2n) is 6.95. The zero-order valence-corrected chi connectivity index (χ0v) is 16.9. The highest BCUT2D eigenvalue weighted by Gasteiger charge is 2.40. The summed E-state index contributed by atoms with van der Waals surface area (Å²) in [4.78, 5) is 38.7. The number of aliphatic hydroxyl groups is 1. The van der Waals surface area contributed by atoms with Crippen LogP contribution < -0.4 is 0 Å². The number of hydrogen-bond donors (Lipinski definition) is 1. The van der Waals surface area contributed by atoms with Crippen LogP contribution in [0, 0.1) is 0 Å². The number of hydrogen-bond acceptors (Lipinski definition) is 6. The third-order valence-corrected chi connectivity index (χ3v) is 6.09. The van der Waals surface area contributed by atoms with E-state index in [1.54, 1.807) is 18.0 Å². The van der Waals surface area contributed by atoms with Gasteiger partial charge in [-0.2, -0.15) is 11.8 Å². The molecular weight excluding hydrogens is 378 g/mol. The summed E-state index contributed by atoms with van der Waals surface area (Å²) in [6.07, 6.45) is 4.92. The molecule has 0 radical (unpaired) electrons. The largest absolute Gasteiger partial charge is 0.507 e. The SMILES string of the molecule is CSC(C)CC1OC(=O)C(C(=O)CC2c3ccccc3C=CN2C(C)=O)=C1O. The van der Waals surface area contributed by atoms with Crippen LogP contribution in [-0.4, -0.2) is 45.3 Å². The number of Topliss-reactive ketones (excluding diaryl/α,β-unsaturated/α-hetero) is 1. The molecule has 2 heterocycles. The van der Waals surface area contributed by atoms with Crippen molar-refractivity contribution in [2.24, 2.45) is 0 Å². The van der Waals surface area contributed by atoms with E-state index in [4.69, 9.17) is 4.74 Å². The summed E-state index contributed by atoms with van der Waals surface area (Å²) in [5.74, 6) is -1.83. The van der Waals surface area contributed by atoms with Crippen molar-refractivity contribution in [3.05, 3.63) is 52.9 Å². The van der Waals surface area contributed by atoms with Crippen molar-refractivity contribution in [1.82, 2.24) is 4.90 Å². The molecule has 2 aliphatic rings. The first kappa shape index (κ1) is 20.2. The van der Waals surface area contributed by atoms with Gasteiger partial charge in [0, 0.05) is 31.2 Å². The molecular formula is C21H23NO5S. The molecule has 0 spiro atoms. The van der Waals surface area contributed by atoms with Crippen molar-refractivity contribution in [1.29, 1.82) is 0 Å². The summed E-state index contributed by atoms with van der Waals surface area (Å²) in [5.41, 5.74) is 1.44. The summed E-state index contributed by atoms with van der Waals surface area (Å²) < 4.78 is 5.22. The Hall–Kier alpha value is -2.54. The molecule has 0 saturated carbocycles. The third kappa shape index (κ3) is 3.85. The molecule has 0 fully saturated rings. The van der Waals surface area contributed by atoms with E-state index < -0.39 is 23.9 Å². The van der Waals surface area contributed by atoms with Crippen molar-refractivity contribution in [3.8, 4) is 0 Å². The van der Waals surface area contributed by atoms with Crippen LogP contribution in [0.25, 0.3) is 6.08 Å². The van der Waals surface area contributed by atoms with E-state index >= 15 is 0 Å². The van der Waals surface area contributed by atoms with Crippen molar-refractivity contribution >= 4 is 35.5 Å². The molecule has 3 atom stereocenters. The highest BCUT2D eigenvalue weighted by atomic mass is 32.2. The third-order valence-electron chi connectivity index (χ3n) is 5.09. The van der Waals surface area contributed by atoms with Crippen LogP contribution in [0.1, 0.15) is 43.9 Å². The molecule has 1 aromatic rings. The van der Waals surface area contributed by atoms with Gasteiger partial charge >= 0.3 is 5.97 Å². The molecule has 148 valence electrons. The number of carbonyl (C=O) groups excluding carboxylic acids is 3. The molecule has 1 N–H and O–H groups in total. The van der Waals surface area contributed by atoms with E-state index in [9.17, 15) is 19.5 Å². The first-order valence-electron chi connectivity index (χ1n) is 9.09. The Morgan fingerprint density at radius 2 is 2.04 bits per heavy atom. The molecule has 0 bridgehead atoms. The maximum Gasteiger partial charge on any atom is 0.346 e. The van der Waals surface area contributed by atoms with E-state index in [0.717, 1.165) is 11.1 Å².